The third kappa shape index (κ3) is 7.03. The van der Waals surface area contributed by atoms with E-state index in [2.05, 4.69) is 15.5 Å². The number of ether oxygens (including phenoxy) is 3. The molecule has 0 spiro atoms. The summed E-state index contributed by atoms with van der Waals surface area (Å²) in [5, 5.41) is 8.27. The van der Waals surface area contributed by atoms with Crippen LogP contribution in [0.1, 0.15) is 37.0 Å². The highest BCUT2D eigenvalue weighted by Gasteiger charge is 2.35. The van der Waals surface area contributed by atoms with E-state index >= 15 is 4.39 Å². The number of aromatic nitrogens is 1. The second-order valence-corrected chi connectivity index (χ2v) is 14.4. The summed E-state index contributed by atoms with van der Waals surface area (Å²) in [5.74, 6) is -0.497. The summed E-state index contributed by atoms with van der Waals surface area (Å²) >= 11 is 0. The highest BCUT2D eigenvalue weighted by molar-refractivity contribution is 6.07. The van der Waals surface area contributed by atoms with Gasteiger partial charge in [-0.15, -0.1) is 0 Å². The number of amides is 2. The molecule has 4 aliphatic heterocycles. The molecule has 2 aromatic heterocycles. The SMILES string of the molecule is C.O=C(CCNCCCN1CCOCC1)N[C@@H]1CCN(c2c(F)cc3c(=O)c(C(=O)N4CCOCC4)cn4c3c2Oc2cc3c(cc2-4)oc2ccccc23)C1. The minimum Gasteiger partial charge on any atom is -0.456 e. The fourth-order valence-corrected chi connectivity index (χ4v) is 8.17. The van der Waals surface area contributed by atoms with Crippen LogP contribution in [-0.2, 0) is 14.3 Å². The van der Waals surface area contributed by atoms with Crippen molar-refractivity contribution in [2.24, 2.45) is 0 Å². The summed E-state index contributed by atoms with van der Waals surface area (Å²) < 4.78 is 41.9. The van der Waals surface area contributed by atoms with Gasteiger partial charge in [0, 0.05) is 81.3 Å². The van der Waals surface area contributed by atoms with Crippen LogP contribution >= 0.6 is 0 Å². The van der Waals surface area contributed by atoms with E-state index in [1.54, 1.807) is 15.7 Å². The van der Waals surface area contributed by atoms with Gasteiger partial charge in [0.15, 0.2) is 17.3 Å². The highest BCUT2D eigenvalue weighted by atomic mass is 19.1. The summed E-state index contributed by atoms with van der Waals surface area (Å²) in [4.78, 5) is 46.6. The Balaban J connectivity index is 0.00000427. The lowest BCUT2D eigenvalue weighted by Gasteiger charge is -2.30. The Kier molecular flexibility index (Phi) is 10.5. The molecule has 4 aliphatic rings. The Morgan fingerprint density at radius 3 is 2.49 bits per heavy atom. The second kappa shape index (κ2) is 15.6. The summed E-state index contributed by atoms with van der Waals surface area (Å²) in [7, 11) is 0. The third-order valence-electron chi connectivity index (χ3n) is 11.0. The van der Waals surface area contributed by atoms with E-state index in [1.807, 2.05) is 41.3 Å². The van der Waals surface area contributed by atoms with Gasteiger partial charge in [-0.1, -0.05) is 25.6 Å². The maximum Gasteiger partial charge on any atom is 0.259 e. The van der Waals surface area contributed by atoms with E-state index < -0.39 is 17.2 Å². The third-order valence-corrected chi connectivity index (χ3v) is 11.0. The number of furan rings is 1. The Morgan fingerprint density at radius 2 is 1.67 bits per heavy atom. The maximum absolute atomic E-state index is 16.5. The number of nitrogens with zero attached hydrogens (tertiary/aromatic N) is 4. The number of pyridine rings is 1. The molecule has 14 heteroatoms. The molecule has 13 nitrogen and oxygen atoms in total. The minimum absolute atomic E-state index is 0. The zero-order valence-electron chi connectivity index (χ0n) is 30.0. The Labute approximate surface area is 317 Å². The maximum atomic E-state index is 16.5. The van der Waals surface area contributed by atoms with Gasteiger partial charge in [0.1, 0.15) is 27.9 Å². The zero-order valence-corrected chi connectivity index (χ0v) is 30.0. The van der Waals surface area contributed by atoms with Gasteiger partial charge in [-0.2, -0.15) is 0 Å². The first-order valence-electron chi connectivity index (χ1n) is 18.9. The number of morpholine rings is 2. The van der Waals surface area contributed by atoms with Crippen molar-refractivity contribution < 1.29 is 32.6 Å². The first-order chi connectivity index (χ1) is 26.4. The molecular weight excluding hydrogens is 707 g/mol. The van der Waals surface area contributed by atoms with Crippen molar-refractivity contribution >= 4 is 50.3 Å². The number of carbonyl (C=O) groups is 2. The molecule has 3 fully saturated rings. The smallest absolute Gasteiger partial charge is 0.259 e. The average Bonchev–Trinajstić information content (AvgIpc) is 3.80. The molecule has 290 valence electrons. The first-order valence-corrected chi connectivity index (χ1v) is 18.9. The topological polar surface area (TPSA) is 131 Å². The lowest BCUT2D eigenvalue weighted by molar-refractivity contribution is -0.121. The van der Waals surface area contributed by atoms with Crippen molar-refractivity contribution in [1.82, 2.24) is 25.0 Å². The zero-order chi connectivity index (χ0) is 36.8. The van der Waals surface area contributed by atoms with Crippen molar-refractivity contribution in [2.75, 3.05) is 90.2 Å². The number of fused-ring (bicyclic) bond motifs is 5. The van der Waals surface area contributed by atoms with Crippen molar-refractivity contribution in [3.05, 3.63) is 70.3 Å². The molecule has 55 heavy (non-hydrogen) atoms. The predicted molar refractivity (Wildman–Crippen MR) is 208 cm³/mol. The normalized spacial score (nSPS) is 18.4. The molecule has 0 saturated carbocycles. The van der Waals surface area contributed by atoms with Gasteiger partial charge in [-0.25, -0.2) is 4.39 Å². The van der Waals surface area contributed by atoms with Gasteiger partial charge in [0.25, 0.3) is 5.91 Å². The molecule has 0 radical (unpaired) electrons. The lowest BCUT2D eigenvalue weighted by Crippen LogP contribution is -2.42. The van der Waals surface area contributed by atoms with E-state index in [-0.39, 0.29) is 41.8 Å². The van der Waals surface area contributed by atoms with Crippen LogP contribution in [0.4, 0.5) is 10.1 Å². The minimum atomic E-state index is -0.635. The van der Waals surface area contributed by atoms with Crippen molar-refractivity contribution in [2.45, 2.75) is 32.7 Å². The van der Waals surface area contributed by atoms with Gasteiger partial charge in [-0.05, 0) is 44.1 Å². The largest absolute Gasteiger partial charge is 0.456 e. The van der Waals surface area contributed by atoms with Crippen molar-refractivity contribution in [1.29, 1.82) is 0 Å². The quantitative estimate of drug-likeness (QED) is 0.191. The molecule has 0 aliphatic carbocycles. The molecule has 2 N–H and O–H groups in total. The van der Waals surface area contributed by atoms with Gasteiger partial charge in [0.05, 0.1) is 37.5 Å². The molecule has 0 bridgehead atoms. The number of nitrogens with one attached hydrogen (secondary N) is 2. The number of hydrogen-bond donors (Lipinski definition) is 2. The second-order valence-electron chi connectivity index (χ2n) is 14.4. The summed E-state index contributed by atoms with van der Waals surface area (Å²) in [6.45, 7) is 8.23. The summed E-state index contributed by atoms with van der Waals surface area (Å²) in [5.41, 5.74) is 1.83. The van der Waals surface area contributed by atoms with Gasteiger partial charge in [-0.3, -0.25) is 19.3 Å². The number of anilines is 1. The van der Waals surface area contributed by atoms with Crippen molar-refractivity contribution in [3.8, 4) is 17.2 Å². The molecular formula is C41H47FN6O7. The molecule has 2 amide bonds. The number of hydrogen-bond acceptors (Lipinski definition) is 10. The van der Waals surface area contributed by atoms with E-state index in [0.29, 0.717) is 86.9 Å². The number of para-hydroxylation sites is 1. The van der Waals surface area contributed by atoms with E-state index in [0.717, 1.165) is 56.6 Å². The molecule has 1 atom stereocenters. The molecule has 3 aromatic carbocycles. The number of rotatable bonds is 10. The van der Waals surface area contributed by atoms with Crippen LogP contribution in [0.2, 0.25) is 0 Å². The Morgan fingerprint density at radius 1 is 0.891 bits per heavy atom. The van der Waals surface area contributed by atoms with Crippen molar-refractivity contribution in [3.63, 3.8) is 0 Å². The van der Waals surface area contributed by atoms with Gasteiger partial charge >= 0.3 is 0 Å². The van der Waals surface area contributed by atoms with Gasteiger partial charge < -0.3 is 43.6 Å². The Hall–Kier alpha value is -5.02. The molecule has 5 aromatic rings. The molecule has 0 unspecified atom stereocenters. The van der Waals surface area contributed by atoms with Crippen LogP contribution in [0.15, 0.2) is 57.9 Å². The fourth-order valence-electron chi connectivity index (χ4n) is 8.17. The summed E-state index contributed by atoms with van der Waals surface area (Å²) in [6.07, 6.45) is 3.52. The number of carbonyl (C=O) groups excluding carboxylic acids is 2. The number of benzene rings is 3. The first kappa shape index (κ1) is 36.9. The fraction of sp³-hybridized carbons (Fsp3) is 0.439. The van der Waals surface area contributed by atoms with E-state index in [4.69, 9.17) is 18.6 Å². The van der Waals surface area contributed by atoms with Crippen LogP contribution in [0.3, 0.4) is 0 Å². The van der Waals surface area contributed by atoms with Crippen LogP contribution in [0, 0.1) is 5.82 Å². The lowest BCUT2D eigenvalue weighted by atomic mass is 10.0. The van der Waals surface area contributed by atoms with Crippen LogP contribution in [0.25, 0.3) is 38.5 Å². The average molecular weight is 755 g/mol. The monoisotopic (exact) mass is 754 g/mol. The van der Waals surface area contributed by atoms with Crippen LogP contribution in [-0.4, -0.2) is 118 Å². The van der Waals surface area contributed by atoms with E-state index in [1.165, 1.54) is 6.07 Å². The highest BCUT2D eigenvalue weighted by Crippen LogP contribution is 2.49. The standard InChI is InChI=1S/C40H43FN6O7.CH4/c41-30-20-28-36-39(37(30)46-11-7-25(23-46)43-35(48)6-9-42-8-3-10-44-12-16-51-17-13-44)54-34-21-27-26-4-1-2-5-32(26)53-33(27)22-31(34)47(36)24-29(38(28)49)40(50)45-14-18-52-19-15-45;/h1-2,4-5,20-22,24-25,42H,3,6-19,23H2,(H,43,48);1H4/t25-;/m1./s1. The molecule has 9 rings (SSSR count). The number of halogens is 1. The Bertz CT molecular complexity index is 2310. The van der Waals surface area contributed by atoms with Crippen LogP contribution in [0.5, 0.6) is 11.5 Å². The van der Waals surface area contributed by atoms with E-state index in [9.17, 15) is 14.4 Å². The molecule has 3 saturated heterocycles. The van der Waals surface area contributed by atoms with Crippen LogP contribution < -0.4 is 25.7 Å². The summed E-state index contributed by atoms with van der Waals surface area (Å²) in [6, 6.07) is 12.4. The van der Waals surface area contributed by atoms with Gasteiger partial charge in [0.2, 0.25) is 11.3 Å². The predicted octanol–water partition coefficient (Wildman–Crippen LogP) is 4.64. The molecule has 6 heterocycles.